The molecule has 1 aromatic rings. The number of carbonyl (C=O) groups excluding carboxylic acids is 2. The summed E-state index contributed by atoms with van der Waals surface area (Å²) < 4.78 is 0. The molecule has 0 heterocycles. The molecule has 1 aromatic carbocycles. The predicted molar refractivity (Wildman–Crippen MR) is 54.5 cm³/mol. The van der Waals surface area contributed by atoms with Crippen molar-refractivity contribution in [2.75, 3.05) is 17.3 Å². The molecule has 0 radical (unpaired) electrons. The Morgan fingerprint density at radius 3 is 2.33 bits per heavy atom. The number of amides is 1. The van der Waals surface area contributed by atoms with Crippen LogP contribution in [0.5, 0.6) is 0 Å². The summed E-state index contributed by atoms with van der Waals surface area (Å²) in [5, 5.41) is 10.5. The molecule has 1 rings (SSSR count). The number of aliphatic carboxylic acids is 1. The maximum absolute atomic E-state index is 11.4. The van der Waals surface area contributed by atoms with Crippen LogP contribution in [0.2, 0.25) is 0 Å². The van der Waals surface area contributed by atoms with Gasteiger partial charge in [-0.1, -0.05) is 18.2 Å². The summed E-state index contributed by atoms with van der Waals surface area (Å²) in [6, 6.07) is 8.45. The second-order valence-electron chi connectivity index (χ2n) is 2.82. The summed E-state index contributed by atoms with van der Waals surface area (Å²) in [5.74, 6) is -2.05. The summed E-state index contributed by atoms with van der Waals surface area (Å²) in [4.78, 5) is 22.9. The minimum atomic E-state index is -1.32. The number of rotatable bonds is 4. The van der Waals surface area contributed by atoms with Crippen LogP contribution in [0.3, 0.4) is 0 Å². The highest BCUT2D eigenvalue weighted by molar-refractivity contribution is 6.29. The van der Waals surface area contributed by atoms with Gasteiger partial charge in [-0.25, -0.2) is 0 Å². The fraction of sp³-hybridized carbons (Fsp3) is 0.200. The first-order valence-corrected chi connectivity index (χ1v) is 4.80. The summed E-state index contributed by atoms with van der Waals surface area (Å²) in [6.07, 6.45) is 0. The molecule has 0 aliphatic rings. The third-order valence-corrected chi connectivity index (χ3v) is 2.00. The molecule has 0 aliphatic heterocycles. The van der Waals surface area contributed by atoms with Crippen LogP contribution >= 0.6 is 11.6 Å². The molecule has 0 aliphatic carbocycles. The first-order chi connectivity index (χ1) is 7.15. The zero-order valence-corrected chi connectivity index (χ0v) is 8.61. The van der Waals surface area contributed by atoms with Gasteiger partial charge in [-0.05, 0) is 12.1 Å². The Morgan fingerprint density at radius 2 is 1.87 bits per heavy atom. The largest absolute Gasteiger partial charge is 0.548 e. The van der Waals surface area contributed by atoms with E-state index in [1.807, 2.05) is 0 Å². The molecule has 0 fully saturated rings. The number of para-hydroxylation sites is 1. The third kappa shape index (κ3) is 3.25. The molecule has 1 amide bonds. The molecule has 0 bridgehead atoms. The van der Waals surface area contributed by atoms with Crippen molar-refractivity contribution in [3.05, 3.63) is 30.3 Å². The van der Waals surface area contributed by atoms with E-state index >= 15 is 0 Å². The predicted octanol–water partition coefficient (Wildman–Crippen LogP) is 0.00830. The lowest BCUT2D eigenvalue weighted by atomic mass is 10.3. The van der Waals surface area contributed by atoms with Crippen LogP contribution in [0, 0.1) is 0 Å². The van der Waals surface area contributed by atoms with Gasteiger partial charge in [0, 0.05) is 5.69 Å². The Morgan fingerprint density at radius 1 is 1.27 bits per heavy atom. The first-order valence-electron chi connectivity index (χ1n) is 4.26. The number of benzene rings is 1. The first kappa shape index (κ1) is 11.5. The lowest BCUT2D eigenvalue weighted by molar-refractivity contribution is -0.303. The number of anilines is 1. The summed E-state index contributed by atoms with van der Waals surface area (Å²) in [7, 11) is 0. The van der Waals surface area contributed by atoms with Crippen LogP contribution in [-0.2, 0) is 9.59 Å². The number of hydrogen-bond acceptors (Lipinski definition) is 3. The SMILES string of the molecule is O=C([O-])CN(C(=O)CCl)c1ccccc1. The fourth-order valence-electron chi connectivity index (χ4n) is 1.13. The van der Waals surface area contributed by atoms with Gasteiger partial charge in [0.05, 0.1) is 12.5 Å². The van der Waals surface area contributed by atoms with Crippen molar-refractivity contribution in [1.82, 2.24) is 0 Å². The lowest BCUT2D eigenvalue weighted by Gasteiger charge is -2.22. The molecular weight excluding hydrogens is 218 g/mol. The maximum Gasteiger partial charge on any atom is 0.242 e. The van der Waals surface area contributed by atoms with Gasteiger partial charge < -0.3 is 14.8 Å². The van der Waals surface area contributed by atoms with Crippen LogP contribution < -0.4 is 10.0 Å². The highest BCUT2D eigenvalue weighted by Gasteiger charge is 2.13. The van der Waals surface area contributed by atoms with E-state index in [0.29, 0.717) is 5.69 Å². The smallest absolute Gasteiger partial charge is 0.242 e. The average Bonchev–Trinajstić information content (AvgIpc) is 2.26. The maximum atomic E-state index is 11.4. The van der Waals surface area contributed by atoms with Gasteiger partial charge in [-0.15, -0.1) is 11.6 Å². The van der Waals surface area contributed by atoms with Crippen molar-refractivity contribution in [1.29, 1.82) is 0 Å². The molecule has 0 spiro atoms. The molecule has 4 nitrogen and oxygen atoms in total. The Balaban J connectivity index is 2.91. The molecule has 80 valence electrons. The standard InChI is InChI=1S/C10H10ClNO3/c11-6-9(13)12(7-10(14)15)8-4-2-1-3-5-8/h1-5H,6-7H2,(H,14,15)/p-1. The van der Waals surface area contributed by atoms with Gasteiger partial charge in [0.2, 0.25) is 5.91 Å². The van der Waals surface area contributed by atoms with Gasteiger partial charge >= 0.3 is 0 Å². The molecule has 0 atom stereocenters. The summed E-state index contributed by atoms with van der Waals surface area (Å²) in [5.41, 5.74) is 0.493. The number of nitrogens with zero attached hydrogens (tertiary/aromatic N) is 1. The van der Waals surface area contributed by atoms with Crippen molar-refractivity contribution < 1.29 is 14.7 Å². The van der Waals surface area contributed by atoms with E-state index in [2.05, 4.69) is 0 Å². The zero-order valence-electron chi connectivity index (χ0n) is 7.85. The Hall–Kier alpha value is -1.55. The van der Waals surface area contributed by atoms with E-state index < -0.39 is 18.4 Å². The topological polar surface area (TPSA) is 60.4 Å². The van der Waals surface area contributed by atoms with Crippen LogP contribution in [0.15, 0.2) is 30.3 Å². The number of alkyl halides is 1. The van der Waals surface area contributed by atoms with Gasteiger partial charge in [0.25, 0.3) is 0 Å². The number of hydrogen-bond donors (Lipinski definition) is 0. The Kier molecular flexibility index (Phi) is 4.12. The van der Waals surface area contributed by atoms with Gasteiger partial charge in [0.15, 0.2) is 0 Å². The summed E-state index contributed by atoms with van der Waals surface area (Å²) >= 11 is 5.38. The highest BCUT2D eigenvalue weighted by Crippen LogP contribution is 2.13. The molecule has 5 heteroatoms. The quantitative estimate of drug-likeness (QED) is 0.680. The molecule has 0 unspecified atom stereocenters. The Labute approximate surface area is 92.1 Å². The van der Waals surface area contributed by atoms with Crippen LogP contribution in [-0.4, -0.2) is 24.3 Å². The number of halogens is 1. The van der Waals surface area contributed by atoms with E-state index in [1.165, 1.54) is 0 Å². The van der Waals surface area contributed by atoms with Crippen LogP contribution in [0.4, 0.5) is 5.69 Å². The van der Waals surface area contributed by atoms with Crippen molar-refractivity contribution in [3.63, 3.8) is 0 Å². The lowest BCUT2D eigenvalue weighted by Crippen LogP contribution is -2.42. The van der Waals surface area contributed by atoms with E-state index in [-0.39, 0.29) is 5.88 Å². The number of carboxylic acid groups (broad SMARTS) is 1. The minimum Gasteiger partial charge on any atom is -0.548 e. The van der Waals surface area contributed by atoms with E-state index in [9.17, 15) is 14.7 Å². The van der Waals surface area contributed by atoms with Crippen LogP contribution in [0.25, 0.3) is 0 Å². The third-order valence-electron chi connectivity index (χ3n) is 1.77. The normalized spacial score (nSPS) is 9.67. The van der Waals surface area contributed by atoms with E-state index in [0.717, 1.165) is 4.90 Å². The summed E-state index contributed by atoms with van der Waals surface area (Å²) in [6.45, 7) is -0.491. The second kappa shape index (κ2) is 5.36. The number of carboxylic acids is 1. The zero-order chi connectivity index (χ0) is 11.3. The van der Waals surface area contributed by atoms with Crippen molar-refractivity contribution >= 4 is 29.2 Å². The molecule has 15 heavy (non-hydrogen) atoms. The van der Waals surface area contributed by atoms with Crippen molar-refractivity contribution in [2.24, 2.45) is 0 Å². The minimum absolute atomic E-state index is 0.262. The second-order valence-corrected chi connectivity index (χ2v) is 3.09. The van der Waals surface area contributed by atoms with Crippen molar-refractivity contribution in [2.45, 2.75) is 0 Å². The molecular formula is C10H9ClNO3-. The Bertz CT molecular complexity index is 353. The van der Waals surface area contributed by atoms with Gasteiger partial charge in [-0.3, -0.25) is 4.79 Å². The van der Waals surface area contributed by atoms with Gasteiger partial charge in [-0.2, -0.15) is 0 Å². The van der Waals surface area contributed by atoms with Crippen molar-refractivity contribution in [3.8, 4) is 0 Å². The van der Waals surface area contributed by atoms with Crippen LogP contribution in [0.1, 0.15) is 0 Å². The van der Waals surface area contributed by atoms with Gasteiger partial charge in [0.1, 0.15) is 5.88 Å². The monoisotopic (exact) mass is 226 g/mol. The molecule has 0 aromatic heterocycles. The molecule has 0 saturated carbocycles. The van der Waals surface area contributed by atoms with E-state index in [4.69, 9.17) is 11.6 Å². The molecule has 0 N–H and O–H groups in total. The van der Waals surface area contributed by atoms with E-state index in [1.54, 1.807) is 30.3 Å². The number of carbonyl (C=O) groups is 2. The fourth-order valence-corrected chi connectivity index (χ4v) is 1.28. The molecule has 0 saturated heterocycles. The average molecular weight is 227 g/mol. The highest BCUT2D eigenvalue weighted by atomic mass is 35.5.